The van der Waals surface area contributed by atoms with E-state index in [4.69, 9.17) is 10.5 Å². The highest BCUT2D eigenvalue weighted by Crippen LogP contribution is 2.22. The number of nitrogens with one attached hydrogen (secondary N) is 1. The molecule has 0 aliphatic rings. The molecule has 1 rings (SSSR count). The Morgan fingerprint density at radius 1 is 1.56 bits per heavy atom. The van der Waals surface area contributed by atoms with Gasteiger partial charge in [-0.3, -0.25) is 4.79 Å². The summed E-state index contributed by atoms with van der Waals surface area (Å²) in [7, 11) is 3.25. The molecule has 88 valence electrons. The van der Waals surface area contributed by atoms with Crippen LogP contribution in [0.1, 0.15) is 17.9 Å². The van der Waals surface area contributed by atoms with Crippen molar-refractivity contribution in [2.75, 3.05) is 20.7 Å². The van der Waals surface area contributed by atoms with Crippen LogP contribution in [0.4, 0.5) is 0 Å². The van der Waals surface area contributed by atoms with E-state index in [1.165, 1.54) is 0 Å². The third-order valence-corrected chi connectivity index (χ3v) is 2.56. The highest BCUT2D eigenvalue weighted by Gasteiger charge is 2.14. The fourth-order valence-corrected chi connectivity index (χ4v) is 1.56. The van der Waals surface area contributed by atoms with Crippen LogP contribution in [0.2, 0.25) is 0 Å². The molecule has 0 radical (unpaired) electrons. The molecule has 1 amide bonds. The summed E-state index contributed by atoms with van der Waals surface area (Å²) in [6, 6.07) is 7.65. The first kappa shape index (κ1) is 12.5. The molecule has 1 aromatic rings. The van der Waals surface area contributed by atoms with Gasteiger partial charge in [0.05, 0.1) is 7.11 Å². The molecule has 0 aliphatic heterocycles. The van der Waals surface area contributed by atoms with Crippen LogP contribution in [0.15, 0.2) is 24.3 Å². The molecule has 16 heavy (non-hydrogen) atoms. The lowest BCUT2D eigenvalue weighted by Crippen LogP contribution is -2.24. The van der Waals surface area contributed by atoms with Gasteiger partial charge in [-0.05, 0) is 24.2 Å². The Hall–Kier alpha value is -1.55. The van der Waals surface area contributed by atoms with Crippen LogP contribution < -0.4 is 15.8 Å². The third kappa shape index (κ3) is 3.24. The number of amides is 1. The predicted octanol–water partition coefficient (Wildman–Crippen LogP) is 0.874. The van der Waals surface area contributed by atoms with Crippen LogP contribution in [0, 0.1) is 0 Å². The van der Waals surface area contributed by atoms with E-state index in [-0.39, 0.29) is 11.8 Å². The molecule has 3 N–H and O–H groups in total. The quantitative estimate of drug-likeness (QED) is 0.777. The zero-order chi connectivity index (χ0) is 12.0. The largest absolute Gasteiger partial charge is 0.497 e. The first-order valence-electron chi connectivity index (χ1n) is 5.25. The number of hydrogen-bond donors (Lipinski definition) is 2. The number of methoxy groups -OCH3 is 1. The molecule has 0 bridgehead atoms. The number of benzene rings is 1. The number of carbonyl (C=O) groups is 1. The number of nitrogens with two attached hydrogens (primary N) is 1. The molecule has 0 aromatic heterocycles. The van der Waals surface area contributed by atoms with Gasteiger partial charge in [-0.25, -0.2) is 0 Å². The van der Waals surface area contributed by atoms with Crippen molar-refractivity contribution in [3.63, 3.8) is 0 Å². The third-order valence-electron chi connectivity index (χ3n) is 2.56. The predicted molar refractivity (Wildman–Crippen MR) is 63.5 cm³/mol. The Morgan fingerprint density at radius 3 is 2.88 bits per heavy atom. The van der Waals surface area contributed by atoms with Crippen LogP contribution in [0.25, 0.3) is 0 Å². The standard InChI is InChI=1S/C12H18N2O2/c1-14-12(15)7-10(8-13)9-4-3-5-11(6-9)16-2/h3-6,10H,7-8,13H2,1-2H3,(H,14,15). The molecule has 0 heterocycles. The van der Waals surface area contributed by atoms with Crippen molar-refractivity contribution < 1.29 is 9.53 Å². The van der Waals surface area contributed by atoms with Gasteiger partial charge >= 0.3 is 0 Å². The molecule has 0 saturated carbocycles. The highest BCUT2D eigenvalue weighted by molar-refractivity contribution is 5.76. The fraction of sp³-hybridized carbons (Fsp3) is 0.417. The van der Waals surface area contributed by atoms with Crippen LogP contribution in [0.3, 0.4) is 0 Å². The molecule has 0 saturated heterocycles. The fourth-order valence-electron chi connectivity index (χ4n) is 1.56. The summed E-state index contributed by atoms with van der Waals surface area (Å²) >= 11 is 0. The minimum absolute atomic E-state index is 0.00160. The number of hydrogen-bond acceptors (Lipinski definition) is 3. The number of ether oxygens (including phenoxy) is 1. The van der Waals surface area contributed by atoms with Gasteiger partial charge in [0.25, 0.3) is 0 Å². The van der Waals surface area contributed by atoms with Gasteiger partial charge in [-0.1, -0.05) is 12.1 Å². The van der Waals surface area contributed by atoms with Crippen molar-refractivity contribution in [3.05, 3.63) is 29.8 Å². The van der Waals surface area contributed by atoms with Crippen LogP contribution >= 0.6 is 0 Å². The van der Waals surface area contributed by atoms with Gasteiger partial charge in [-0.2, -0.15) is 0 Å². The van der Waals surface area contributed by atoms with Gasteiger partial charge in [0, 0.05) is 19.4 Å². The summed E-state index contributed by atoms with van der Waals surface area (Å²) in [4.78, 5) is 11.3. The number of carbonyl (C=O) groups excluding carboxylic acids is 1. The second-order valence-corrected chi connectivity index (χ2v) is 3.59. The molecule has 0 fully saturated rings. The maximum atomic E-state index is 11.3. The Bertz CT molecular complexity index is 353. The van der Waals surface area contributed by atoms with Crippen molar-refractivity contribution in [2.24, 2.45) is 5.73 Å². The minimum atomic E-state index is -0.00160. The summed E-state index contributed by atoms with van der Waals surface area (Å²) in [5.41, 5.74) is 6.71. The molecule has 0 spiro atoms. The average Bonchev–Trinajstić information content (AvgIpc) is 2.35. The van der Waals surface area contributed by atoms with Crippen LogP contribution in [0.5, 0.6) is 5.75 Å². The maximum Gasteiger partial charge on any atom is 0.220 e. The Balaban J connectivity index is 2.81. The van der Waals surface area contributed by atoms with Crippen LogP contribution in [-0.4, -0.2) is 26.6 Å². The van der Waals surface area contributed by atoms with Gasteiger partial charge in [0.15, 0.2) is 0 Å². The maximum absolute atomic E-state index is 11.3. The monoisotopic (exact) mass is 222 g/mol. The molecule has 4 heteroatoms. The number of rotatable bonds is 5. The summed E-state index contributed by atoms with van der Waals surface area (Å²) < 4.78 is 5.14. The lowest BCUT2D eigenvalue weighted by atomic mass is 9.95. The summed E-state index contributed by atoms with van der Waals surface area (Å²) in [5, 5.41) is 2.60. The van der Waals surface area contributed by atoms with Crippen molar-refractivity contribution in [2.45, 2.75) is 12.3 Å². The zero-order valence-corrected chi connectivity index (χ0v) is 9.69. The second kappa shape index (κ2) is 6.12. The molecule has 0 aliphatic carbocycles. The van der Waals surface area contributed by atoms with E-state index in [9.17, 15) is 4.79 Å². The molecule has 4 nitrogen and oxygen atoms in total. The van der Waals surface area contributed by atoms with E-state index >= 15 is 0 Å². The summed E-state index contributed by atoms with van der Waals surface area (Å²) in [6.07, 6.45) is 0.403. The Kier molecular flexibility index (Phi) is 4.79. The lowest BCUT2D eigenvalue weighted by Gasteiger charge is -2.15. The van der Waals surface area contributed by atoms with Crippen molar-refractivity contribution in [3.8, 4) is 5.75 Å². The van der Waals surface area contributed by atoms with Gasteiger partial charge in [0.2, 0.25) is 5.91 Å². The van der Waals surface area contributed by atoms with E-state index in [0.29, 0.717) is 13.0 Å². The molecule has 1 unspecified atom stereocenters. The molecular formula is C12H18N2O2. The SMILES string of the molecule is CNC(=O)CC(CN)c1cccc(OC)c1. The van der Waals surface area contributed by atoms with Crippen molar-refractivity contribution in [1.29, 1.82) is 0 Å². The van der Waals surface area contributed by atoms with Gasteiger partial charge in [0.1, 0.15) is 5.75 Å². The zero-order valence-electron chi connectivity index (χ0n) is 9.69. The first-order chi connectivity index (χ1) is 7.71. The summed E-state index contributed by atoms with van der Waals surface area (Å²) in [6.45, 7) is 0.445. The molecule has 1 aromatic carbocycles. The highest BCUT2D eigenvalue weighted by atomic mass is 16.5. The van der Waals surface area contributed by atoms with Gasteiger partial charge < -0.3 is 15.8 Å². The molecular weight excluding hydrogens is 204 g/mol. The van der Waals surface area contributed by atoms with Gasteiger partial charge in [-0.15, -0.1) is 0 Å². The Labute approximate surface area is 95.8 Å². The smallest absolute Gasteiger partial charge is 0.220 e. The minimum Gasteiger partial charge on any atom is -0.497 e. The van der Waals surface area contributed by atoms with E-state index in [1.54, 1.807) is 14.2 Å². The van der Waals surface area contributed by atoms with E-state index in [2.05, 4.69) is 5.32 Å². The van der Waals surface area contributed by atoms with Crippen LogP contribution in [-0.2, 0) is 4.79 Å². The normalized spacial score (nSPS) is 11.9. The average molecular weight is 222 g/mol. The Morgan fingerprint density at radius 2 is 2.31 bits per heavy atom. The summed E-state index contributed by atoms with van der Waals surface area (Å²) in [5.74, 6) is 0.821. The first-order valence-corrected chi connectivity index (χ1v) is 5.25. The second-order valence-electron chi connectivity index (χ2n) is 3.59. The van der Waals surface area contributed by atoms with E-state index in [0.717, 1.165) is 11.3 Å². The van der Waals surface area contributed by atoms with Crippen molar-refractivity contribution >= 4 is 5.91 Å². The van der Waals surface area contributed by atoms with Crippen molar-refractivity contribution in [1.82, 2.24) is 5.32 Å². The topological polar surface area (TPSA) is 64.4 Å². The lowest BCUT2D eigenvalue weighted by molar-refractivity contribution is -0.120. The molecule has 1 atom stereocenters. The van der Waals surface area contributed by atoms with E-state index < -0.39 is 0 Å². The van der Waals surface area contributed by atoms with E-state index in [1.807, 2.05) is 24.3 Å².